The van der Waals surface area contributed by atoms with Crippen molar-refractivity contribution in [1.82, 2.24) is 10.9 Å². The van der Waals surface area contributed by atoms with Crippen LogP contribution >= 0.6 is 11.6 Å². The molecule has 0 unspecified atom stereocenters. The molecule has 0 fully saturated rings. The van der Waals surface area contributed by atoms with E-state index in [9.17, 15) is 9.59 Å². The highest BCUT2D eigenvalue weighted by Crippen LogP contribution is 2.20. The van der Waals surface area contributed by atoms with E-state index in [-0.39, 0.29) is 6.61 Å². The van der Waals surface area contributed by atoms with Crippen LogP contribution in [0.4, 0.5) is 0 Å². The van der Waals surface area contributed by atoms with Crippen LogP contribution in [0.1, 0.15) is 17.1 Å². The molecule has 6 nitrogen and oxygen atoms in total. The van der Waals surface area contributed by atoms with Gasteiger partial charge in [-0.3, -0.25) is 20.4 Å². The lowest BCUT2D eigenvalue weighted by molar-refractivity contribution is -0.128. The highest BCUT2D eigenvalue weighted by Gasteiger charge is 2.05. The number of carbonyl (C=O) groups is 2. The van der Waals surface area contributed by atoms with Crippen molar-refractivity contribution >= 4 is 29.5 Å². The third kappa shape index (κ3) is 5.48. The fourth-order valence-electron chi connectivity index (χ4n) is 1.77. The summed E-state index contributed by atoms with van der Waals surface area (Å²) >= 11 is 5.91. The quantitative estimate of drug-likeness (QED) is 0.643. The lowest BCUT2D eigenvalue weighted by Crippen LogP contribution is -2.43. The van der Waals surface area contributed by atoms with Crippen molar-refractivity contribution in [1.29, 1.82) is 0 Å². The molecule has 0 atom stereocenters. The van der Waals surface area contributed by atoms with Crippen molar-refractivity contribution in [2.75, 3.05) is 6.61 Å². The molecular formula is C17H17ClN2O4. The fourth-order valence-corrected chi connectivity index (χ4v) is 1.88. The van der Waals surface area contributed by atoms with E-state index in [4.69, 9.17) is 20.8 Å². The molecule has 2 aromatic rings. The zero-order chi connectivity index (χ0) is 17.5. The Balaban J connectivity index is 1.73. The molecular weight excluding hydrogens is 332 g/mol. The number of aryl methyl sites for hydroxylation is 2. The summed E-state index contributed by atoms with van der Waals surface area (Å²) in [4.78, 5) is 23.2. The first kappa shape index (κ1) is 17.6. The first-order valence-corrected chi connectivity index (χ1v) is 7.54. The van der Waals surface area contributed by atoms with Gasteiger partial charge in [0, 0.05) is 11.1 Å². The molecule has 24 heavy (non-hydrogen) atoms. The highest BCUT2D eigenvalue weighted by atomic mass is 35.5. The summed E-state index contributed by atoms with van der Waals surface area (Å²) in [7, 11) is 0. The number of hydrogen-bond acceptors (Lipinski definition) is 4. The monoisotopic (exact) mass is 348 g/mol. The highest BCUT2D eigenvalue weighted by molar-refractivity contribution is 6.31. The van der Waals surface area contributed by atoms with Crippen LogP contribution in [-0.2, 0) is 9.59 Å². The van der Waals surface area contributed by atoms with E-state index in [1.807, 2.05) is 6.92 Å². The van der Waals surface area contributed by atoms with Crippen molar-refractivity contribution in [3.8, 4) is 5.75 Å². The molecule has 1 heterocycles. The minimum Gasteiger partial charge on any atom is -0.484 e. The Morgan fingerprint density at radius 2 is 2.00 bits per heavy atom. The van der Waals surface area contributed by atoms with Gasteiger partial charge in [0.25, 0.3) is 11.8 Å². The van der Waals surface area contributed by atoms with Gasteiger partial charge >= 0.3 is 0 Å². The summed E-state index contributed by atoms with van der Waals surface area (Å²) in [6.45, 7) is 3.41. The van der Waals surface area contributed by atoms with Gasteiger partial charge in [0.1, 0.15) is 17.3 Å². The molecule has 0 saturated heterocycles. The largest absolute Gasteiger partial charge is 0.484 e. The maximum atomic E-state index is 11.6. The Morgan fingerprint density at radius 1 is 1.21 bits per heavy atom. The second kappa shape index (κ2) is 8.21. The standard InChI is InChI=1S/C17H17ClN2O4/c1-11-9-14(5-7-15(11)18)23-10-17(22)20-19-16(21)8-6-13-4-3-12(2)24-13/h3-9H,10H2,1-2H3,(H,19,21)(H,20,22)/b8-6+. The topological polar surface area (TPSA) is 80.6 Å². The zero-order valence-corrected chi connectivity index (χ0v) is 14.0. The predicted octanol–water partition coefficient (Wildman–Crippen LogP) is 2.79. The Morgan fingerprint density at radius 3 is 2.67 bits per heavy atom. The van der Waals surface area contributed by atoms with Gasteiger partial charge in [-0.05, 0) is 55.8 Å². The number of halogens is 1. The van der Waals surface area contributed by atoms with Gasteiger partial charge in [0.05, 0.1) is 0 Å². The van der Waals surface area contributed by atoms with Crippen LogP contribution in [0.25, 0.3) is 6.08 Å². The minimum absolute atomic E-state index is 0.234. The fraction of sp³-hybridized carbons (Fsp3) is 0.176. The van der Waals surface area contributed by atoms with Crippen LogP contribution in [0.5, 0.6) is 5.75 Å². The van der Waals surface area contributed by atoms with Crippen molar-refractivity contribution in [3.63, 3.8) is 0 Å². The van der Waals surface area contributed by atoms with Crippen LogP contribution in [0.3, 0.4) is 0 Å². The van der Waals surface area contributed by atoms with Gasteiger partial charge in [0.2, 0.25) is 0 Å². The first-order chi connectivity index (χ1) is 11.4. The molecule has 7 heteroatoms. The summed E-state index contributed by atoms with van der Waals surface area (Å²) in [5.74, 6) is 0.845. The van der Waals surface area contributed by atoms with Crippen molar-refractivity contribution < 1.29 is 18.7 Å². The van der Waals surface area contributed by atoms with E-state index in [0.29, 0.717) is 16.5 Å². The Labute approximate surface area is 144 Å². The van der Waals surface area contributed by atoms with E-state index in [0.717, 1.165) is 11.3 Å². The van der Waals surface area contributed by atoms with E-state index >= 15 is 0 Å². The molecule has 0 radical (unpaired) electrons. The summed E-state index contributed by atoms with van der Waals surface area (Å²) in [6, 6.07) is 8.60. The number of furan rings is 1. The number of hydrogen-bond donors (Lipinski definition) is 2. The molecule has 0 bridgehead atoms. The molecule has 0 aliphatic heterocycles. The van der Waals surface area contributed by atoms with Crippen molar-refractivity contribution in [2.24, 2.45) is 0 Å². The van der Waals surface area contributed by atoms with Crippen LogP contribution in [0.2, 0.25) is 5.02 Å². The molecule has 2 N–H and O–H groups in total. The molecule has 0 spiro atoms. The molecule has 1 aromatic carbocycles. The molecule has 0 aliphatic carbocycles. The second-order valence-corrected chi connectivity index (χ2v) is 5.43. The molecule has 1 aromatic heterocycles. The van der Waals surface area contributed by atoms with Gasteiger partial charge in [-0.1, -0.05) is 11.6 Å². The average Bonchev–Trinajstić information content (AvgIpc) is 2.97. The summed E-state index contributed by atoms with van der Waals surface area (Å²) in [5, 5.41) is 0.623. The van der Waals surface area contributed by atoms with Crippen LogP contribution in [0, 0.1) is 13.8 Å². The summed E-state index contributed by atoms with van der Waals surface area (Å²) in [6.07, 6.45) is 2.75. The van der Waals surface area contributed by atoms with Crippen molar-refractivity contribution in [3.05, 3.63) is 58.5 Å². The third-order valence-electron chi connectivity index (χ3n) is 2.98. The number of ether oxygens (including phenoxy) is 1. The Hall–Kier alpha value is -2.73. The van der Waals surface area contributed by atoms with Crippen LogP contribution < -0.4 is 15.6 Å². The maximum absolute atomic E-state index is 11.6. The molecule has 2 rings (SSSR count). The minimum atomic E-state index is -0.488. The molecule has 0 saturated carbocycles. The SMILES string of the molecule is Cc1ccc(/C=C/C(=O)NNC(=O)COc2ccc(Cl)c(C)c2)o1. The molecule has 0 aliphatic rings. The smallest absolute Gasteiger partial charge is 0.276 e. The lowest BCUT2D eigenvalue weighted by atomic mass is 10.2. The first-order valence-electron chi connectivity index (χ1n) is 7.16. The molecule has 2 amide bonds. The second-order valence-electron chi connectivity index (χ2n) is 5.02. The van der Waals surface area contributed by atoms with E-state index < -0.39 is 11.8 Å². The van der Waals surface area contributed by atoms with E-state index in [1.54, 1.807) is 37.3 Å². The van der Waals surface area contributed by atoms with Crippen LogP contribution in [-0.4, -0.2) is 18.4 Å². The summed E-state index contributed by atoms with van der Waals surface area (Å²) < 4.78 is 10.6. The van der Waals surface area contributed by atoms with E-state index in [1.165, 1.54) is 12.2 Å². The van der Waals surface area contributed by atoms with Gasteiger partial charge < -0.3 is 9.15 Å². The zero-order valence-electron chi connectivity index (χ0n) is 13.3. The van der Waals surface area contributed by atoms with Crippen molar-refractivity contribution in [2.45, 2.75) is 13.8 Å². The number of rotatable bonds is 5. The Bertz CT molecular complexity index is 768. The van der Waals surface area contributed by atoms with Crippen LogP contribution in [0.15, 0.2) is 40.8 Å². The summed E-state index contributed by atoms with van der Waals surface area (Å²) in [5.41, 5.74) is 5.35. The maximum Gasteiger partial charge on any atom is 0.276 e. The van der Waals surface area contributed by atoms with Gasteiger partial charge in [0.15, 0.2) is 6.61 Å². The molecule has 126 valence electrons. The number of hydrazine groups is 1. The predicted molar refractivity (Wildman–Crippen MR) is 90.4 cm³/mol. The number of carbonyl (C=O) groups excluding carboxylic acids is 2. The number of amides is 2. The lowest BCUT2D eigenvalue weighted by Gasteiger charge is -2.08. The number of benzene rings is 1. The third-order valence-corrected chi connectivity index (χ3v) is 3.41. The average molecular weight is 349 g/mol. The Kier molecular flexibility index (Phi) is 6.03. The van der Waals surface area contributed by atoms with E-state index in [2.05, 4.69) is 10.9 Å². The van der Waals surface area contributed by atoms with Gasteiger partial charge in [-0.2, -0.15) is 0 Å². The number of nitrogens with one attached hydrogen (secondary N) is 2. The van der Waals surface area contributed by atoms with Gasteiger partial charge in [-0.15, -0.1) is 0 Å². The normalized spacial score (nSPS) is 10.6. The van der Waals surface area contributed by atoms with Gasteiger partial charge in [-0.25, -0.2) is 0 Å².